The maximum absolute atomic E-state index is 13.1. The second-order valence-electron chi connectivity index (χ2n) is 5.85. The van der Waals surface area contributed by atoms with Gasteiger partial charge >= 0.3 is 0 Å². The molecule has 0 aliphatic heterocycles. The Morgan fingerprint density at radius 2 is 1.68 bits per heavy atom. The van der Waals surface area contributed by atoms with Crippen LogP contribution in [0.15, 0.2) is 83.8 Å². The molecular weight excluding hydrogens is 376 g/mol. The Morgan fingerprint density at radius 3 is 2.29 bits per heavy atom. The summed E-state index contributed by atoms with van der Waals surface area (Å²) in [5, 5.41) is 13.5. The van der Waals surface area contributed by atoms with Crippen molar-refractivity contribution in [3.63, 3.8) is 0 Å². The summed E-state index contributed by atoms with van der Waals surface area (Å²) in [5.41, 5.74) is 0.722. The predicted molar refractivity (Wildman–Crippen MR) is 110 cm³/mol. The van der Waals surface area contributed by atoms with Gasteiger partial charge in [0.15, 0.2) is 0 Å². The van der Waals surface area contributed by atoms with Crippen molar-refractivity contribution in [3.8, 4) is 5.75 Å². The molecule has 3 aromatic carbocycles. The number of hydrogen-bond donors (Lipinski definition) is 1. The zero-order chi connectivity index (χ0) is 19.9. The van der Waals surface area contributed by atoms with Gasteiger partial charge in [-0.05, 0) is 29.8 Å². The number of rotatable bonds is 7. The number of benzene rings is 3. The average molecular weight is 394 g/mol. The quantitative estimate of drug-likeness (QED) is 0.343. The van der Waals surface area contributed by atoms with E-state index < -0.39 is 10.2 Å². The van der Waals surface area contributed by atoms with Crippen LogP contribution in [0, 0.1) is 10.1 Å². The van der Waals surface area contributed by atoms with Crippen LogP contribution in [0.5, 0.6) is 5.75 Å². The molecule has 1 atom stereocenters. The number of nitro groups is 1. The Hall–Kier alpha value is -3.32. The molecule has 28 heavy (non-hydrogen) atoms. The van der Waals surface area contributed by atoms with Gasteiger partial charge in [-0.25, -0.2) is 0 Å². The normalized spacial score (nSPS) is 11.5. The van der Waals surface area contributed by atoms with E-state index in [4.69, 9.17) is 4.74 Å². The molecule has 3 rings (SSSR count). The lowest BCUT2D eigenvalue weighted by molar-refractivity contribution is -0.384. The number of carbonyl (C=O) groups excluding carboxylic acids is 1. The molecule has 1 unspecified atom stereocenters. The molecule has 0 radical (unpaired) electrons. The van der Waals surface area contributed by atoms with Gasteiger partial charge in [0, 0.05) is 4.90 Å². The van der Waals surface area contributed by atoms with Gasteiger partial charge in [0.25, 0.3) is 5.69 Å². The van der Waals surface area contributed by atoms with Crippen LogP contribution in [0.25, 0.3) is 0 Å². The van der Waals surface area contributed by atoms with Crippen LogP contribution < -0.4 is 10.1 Å². The third-order valence-electron chi connectivity index (χ3n) is 4.00. The molecule has 0 aliphatic carbocycles. The standard InChI is InChI=1S/C21H18N2O4S/c1-27-16-12-13-18(19(14-16)23(25)26)22-21(24)20(15-8-4-2-5-9-15)28-17-10-6-3-7-11-17/h2-14,20H,1H3,(H,22,24). The van der Waals surface area contributed by atoms with Gasteiger partial charge in [0.05, 0.1) is 18.1 Å². The van der Waals surface area contributed by atoms with E-state index in [1.54, 1.807) is 6.07 Å². The zero-order valence-electron chi connectivity index (χ0n) is 15.1. The maximum Gasteiger partial charge on any atom is 0.296 e. The Balaban J connectivity index is 1.91. The minimum Gasteiger partial charge on any atom is -0.496 e. The first-order valence-corrected chi connectivity index (χ1v) is 9.36. The molecule has 0 saturated heterocycles. The van der Waals surface area contributed by atoms with Gasteiger partial charge in [-0.2, -0.15) is 0 Å². The molecule has 0 aromatic heterocycles. The van der Waals surface area contributed by atoms with E-state index in [-0.39, 0.29) is 17.3 Å². The number of nitro benzene ring substituents is 1. The number of nitrogens with one attached hydrogen (secondary N) is 1. The first kappa shape index (κ1) is 19.4. The van der Waals surface area contributed by atoms with Crippen LogP contribution in [-0.4, -0.2) is 17.9 Å². The lowest BCUT2D eigenvalue weighted by Gasteiger charge is -2.17. The van der Waals surface area contributed by atoms with Crippen molar-refractivity contribution in [2.45, 2.75) is 10.1 Å². The number of ether oxygens (including phenoxy) is 1. The molecule has 142 valence electrons. The lowest BCUT2D eigenvalue weighted by Crippen LogP contribution is -2.19. The fourth-order valence-corrected chi connectivity index (χ4v) is 3.67. The third-order valence-corrected chi connectivity index (χ3v) is 5.26. The Kier molecular flexibility index (Phi) is 6.29. The van der Waals surface area contributed by atoms with Crippen molar-refractivity contribution in [1.82, 2.24) is 0 Å². The van der Waals surface area contributed by atoms with Crippen LogP contribution in [0.4, 0.5) is 11.4 Å². The van der Waals surface area contributed by atoms with Crippen LogP contribution in [0.3, 0.4) is 0 Å². The number of anilines is 1. The minimum atomic E-state index is -0.565. The highest BCUT2D eigenvalue weighted by molar-refractivity contribution is 8.00. The molecule has 1 N–H and O–H groups in total. The lowest BCUT2D eigenvalue weighted by atomic mass is 10.1. The van der Waals surface area contributed by atoms with Crippen LogP contribution in [0.2, 0.25) is 0 Å². The molecule has 0 heterocycles. The number of thioether (sulfide) groups is 1. The highest BCUT2D eigenvalue weighted by Gasteiger charge is 2.25. The number of methoxy groups -OCH3 is 1. The molecule has 3 aromatic rings. The molecule has 0 bridgehead atoms. The van der Waals surface area contributed by atoms with Crippen LogP contribution in [-0.2, 0) is 4.79 Å². The van der Waals surface area contributed by atoms with Gasteiger partial charge in [-0.15, -0.1) is 11.8 Å². The SMILES string of the molecule is COc1ccc(NC(=O)C(Sc2ccccc2)c2ccccc2)c([N+](=O)[O-])c1. The molecule has 1 amide bonds. The Labute approximate surface area is 166 Å². The number of carbonyl (C=O) groups is 1. The summed E-state index contributed by atoms with van der Waals surface area (Å²) >= 11 is 1.38. The first-order valence-electron chi connectivity index (χ1n) is 8.48. The monoisotopic (exact) mass is 394 g/mol. The average Bonchev–Trinajstić information content (AvgIpc) is 2.73. The fourth-order valence-electron chi connectivity index (χ4n) is 2.63. The van der Waals surface area contributed by atoms with Gasteiger partial charge in [-0.1, -0.05) is 48.5 Å². The maximum atomic E-state index is 13.1. The summed E-state index contributed by atoms with van der Waals surface area (Å²) < 4.78 is 5.04. The van der Waals surface area contributed by atoms with E-state index in [1.165, 1.54) is 31.0 Å². The van der Waals surface area contributed by atoms with Gasteiger partial charge in [0.2, 0.25) is 5.91 Å². The Morgan fingerprint density at radius 1 is 1.04 bits per heavy atom. The molecule has 0 aliphatic rings. The molecular formula is C21H18N2O4S. The number of amides is 1. The summed E-state index contributed by atoms with van der Waals surface area (Å²) in [4.78, 5) is 24.8. The topological polar surface area (TPSA) is 81.5 Å². The van der Waals surface area contributed by atoms with E-state index in [1.807, 2.05) is 60.7 Å². The summed E-state index contributed by atoms with van der Waals surface area (Å²) in [6.07, 6.45) is 0. The van der Waals surface area contributed by atoms with E-state index >= 15 is 0 Å². The van der Waals surface area contributed by atoms with Gasteiger partial charge in [0.1, 0.15) is 16.7 Å². The van der Waals surface area contributed by atoms with E-state index in [2.05, 4.69) is 5.32 Å². The third kappa shape index (κ3) is 4.69. The van der Waals surface area contributed by atoms with Crippen LogP contribution >= 0.6 is 11.8 Å². The number of hydrogen-bond acceptors (Lipinski definition) is 5. The van der Waals surface area contributed by atoms with Crippen molar-refractivity contribution < 1.29 is 14.5 Å². The summed E-state index contributed by atoms with van der Waals surface area (Å²) in [7, 11) is 1.43. The number of nitrogens with zero attached hydrogens (tertiary/aromatic N) is 1. The largest absolute Gasteiger partial charge is 0.496 e. The minimum absolute atomic E-state index is 0.130. The van der Waals surface area contributed by atoms with Gasteiger partial charge in [-0.3, -0.25) is 14.9 Å². The van der Waals surface area contributed by atoms with E-state index in [0.29, 0.717) is 5.75 Å². The highest BCUT2D eigenvalue weighted by Crippen LogP contribution is 2.37. The van der Waals surface area contributed by atoms with Crippen LogP contribution in [0.1, 0.15) is 10.8 Å². The fraction of sp³-hybridized carbons (Fsp3) is 0.0952. The molecule has 6 nitrogen and oxygen atoms in total. The molecule has 7 heteroatoms. The van der Waals surface area contributed by atoms with E-state index in [9.17, 15) is 14.9 Å². The molecule has 0 spiro atoms. The summed E-state index contributed by atoms with van der Waals surface area (Å²) in [5.74, 6) is 0.0105. The zero-order valence-corrected chi connectivity index (χ0v) is 15.9. The molecule has 0 saturated carbocycles. The summed E-state index contributed by atoms with van der Waals surface area (Å²) in [6, 6.07) is 23.2. The molecule has 0 fully saturated rings. The predicted octanol–water partition coefficient (Wildman–Crippen LogP) is 5.08. The smallest absolute Gasteiger partial charge is 0.296 e. The van der Waals surface area contributed by atoms with Crippen molar-refractivity contribution in [1.29, 1.82) is 0 Å². The van der Waals surface area contributed by atoms with Gasteiger partial charge < -0.3 is 10.1 Å². The Bertz CT molecular complexity index is 965. The van der Waals surface area contributed by atoms with E-state index in [0.717, 1.165) is 10.5 Å². The highest BCUT2D eigenvalue weighted by atomic mass is 32.2. The van der Waals surface area contributed by atoms with Crippen molar-refractivity contribution in [3.05, 3.63) is 94.5 Å². The first-order chi connectivity index (χ1) is 13.6. The summed E-state index contributed by atoms with van der Waals surface area (Å²) in [6.45, 7) is 0. The second kappa shape index (κ2) is 9.05. The van der Waals surface area contributed by atoms with Crippen molar-refractivity contribution >= 4 is 29.0 Å². The van der Waals surface area contributed by atoms with Crippen molar-refractivity contribution in [2.75, 3.05) is 12.4 Å². The van der Waals surface area contributed by atoms with Crippen molar-refractivity contribution in [2.24, 2.45) is 0 Å². The second-order valence-corrected chi connectivity index (χ2v) is 7.03.